The lowest BCUT2D eigenvalue weighted by Crippen LogP contribution is -2.20. The standard InChI is InChI=1S/C29H25FN4O4S2/c30-24-12-9-21(15-20(24)8-5-17-1-2-17)27-23(13-18-6-10-22(11-7-18)40(31,37)38)26(14-19-3-4-19)34(33-27)29-32-25(16-39-29)28(35)36/h6-7,9-12,15-17,19H,1-4,13-14H2,(H3-,31,35,36,37,38)/p+1. The van der Waals surface area contributed by atoms with E-state index >= 15 is 0 Å². The fourth-order valence-corrected chi connectivity index (χ4v) is 5.81. The Morgan fingerprint density at radius 2 is 1.93 bits per heavy atom. The number of thiazole rings is 1. The van der Waals surface area contributed by atoms with Crippen molar-refractivity contribution in [2.75, 3.05) is 0 Å². The van der Waals surface area contributed by atoms with Gasteiger partial charge in [-0.3, -0.25) is 0 Å². The maximum atomic E-state index is 14.7. The van der Waals surface area contributed by atoms with Gasteiger partial charge in [0.25, 0.3) is 0 Å². The second-order valence-electron chi connectivity index (χ2n) is 10.3. The molecule has 6 rings (SSSR count). The SMILES string of the molecule is N[S+](=O)(O)c1ccc(Cc2c(-c3ccc(F)c(C#CC4CC4)c3)nn(-c3nc(C(=O)O)cs3)c2CC2CC2)cc1. The van der Waals surface area contributed by atoms with E-state index in [4.69, 9.17) is 10.2 Å². The number of carboxylic acid groups (broad SMARTS) is 1. The third-order valence-electron chi connectivity index (χ3n) is 7.03. The monoisotopic (exact) mass is 577 g/mol. The summed E-state index contributed by atoms with van der Waals surface area (Å²) in [5.74, 6) is 5.40. The zero-order valence-corrected chi connectivity index (χ0v) is 23.0. The molecule has 1 unspecified atom stereocenters. The Labute approximate surface area is 235 Å². The van der Waals surface area contributed by atoms with Crippen LogP contribution < -0.4 is 5.14 Å². The average molecular weight is 578 g/mol. The van der Waals surface area contributed by atoms with Crippen molar-refractivity contribution >= 4 is 27.7 Å². The van der Waals surface area contributed by atoms with Gasteiger partial charge in [0.05, 0.1) is 17.0 Å². The number of carbonyl (C=O) groups is 1. The van der Waals surface area contributed by atoms with Crippen LogP contribution in [0.15, 0.2) is 52.7 Å². The van der Waals surface area contributed by atoms with Gasteiger partial charge in [-0.1, -0.05) is 24.0 Å². The second-order valence-corrected chi connectivity index (χ2v) is 12.7. The molecule has 0 amide bonds. The first kappa shape index (κ1) is 26.5. The summed E-state index contributed by atoms with van der Waals surface area (Å²) in [5, 5.41) is 21.7. The molecule has 1 atom stereocenters. The molecule has 11 heteroatoms. The molecule has 2 aromatic carbocycles. The van der Waals surface area contributed by atoms with E-state index < -0.39 is 22.2 Å². The van der Waals surface area contributed by atoms with Gasteiger partial charge in [-0.15, -0.1) is 16.5 Å². The Balaban J connectivity index is 1.49. The lowest BCUT2D eigenvalue weighted by molar-refractivity contribution is 0.0691. The summed E-state index contributed by atoms with van der Waals surface area (Å²) in [7, 11) is -3.58. The molecule has 2 heterocycles. The number of aromatic nitrogens is 3. The number of hydrogen-bond acceptors (Lipinski definition) is 5. The van der Waals surface area contributed by atoms with Gasteiger partial charge in [-0.2, -0.15) is 9.65 Å². The minimum atomic E-state index is -3.58. The number of hydrogen-bond donors (Lipinski definition) is 3. The van der Waals surface area contributed by atoms with E-state index in [1.165, 1.54) is 34.9 Å². The van der Waals surface area contributed by atoms with Gasteiger partial charge in [0, 0.05) is 28.8 Å². The molecule has 40 heavy (non-hydrogen) atoms. The Morgan fingerprint density at radius 3 is 2.55 bits per heavy atom. The summed E-state index contributed by atoms with van der Waals surface area (Å²) in [4.78, 5) is 16.0. The highest BCUT2D eigenvalue weighted by atomic mass is 32.3. The normalized spacial score (nSPS) is 16.3. The first-order valence-electron chi connectivity index (χ1n) is 12.9. The van der Waals surface area contributed by atoms with Gasteiger partial charge in [-0.05, 0) is 78.1 Å². The van der Waals surface area contributed by atoms with Gasteiger partial charge in [0.1, 0.15) is 5.82 Å². The van der Waals surface area contributed by atoms with Crippen LogP contribution in [0.25, 0.3) is 16.4 Å². The van der Waals surface area contributed by atoms with Crippen molar-refractivity contribution in [1.82, 2.24) is 14.8 Å². The summed E-state index contributed by atoms with van der Waals surface area (Å²) in [5.41, 5.74) is 4.25. The highest BCUT2D eigenvalue weighted by Crippen LogP contribution is 2.38. The van der Waals surface area contributed by atoms with Crippen LogP contribution in [-0.2, 0) is 27.5 Å². The number of carboxylic acids is 1. The van der Waals surface area contributed by atoms with Gasteiger partial charge >= 0.3 is 16.4 Å². The predicted molar refractivity (Wildman–Crippen MR) is 150 cm³/mol. The molecule has 2 fully saturated rings. The zero-order chi connectivity index (χ0) is 28.0. The van der Waals surface area contributed by atoms with Crippen LogP contribution in [-0.4, -0.2) is 30.4 Å². The highest BCUT2D eigenvalue weighted by molar-refractivity contribution is 7.95. The number of nitrogens with zero attached hydrogens (tertiary/aromatic N) is 3. The van der Waals surface area contributed by atoms with Crippen molar-refractivity contribution < 1.29 is 23.1 Å². The minimum absolute atomic E-state index is 0.0552. The number of nitrogens with two attached hydrogens (primary N) is 1. The highest BCUT2D eigenvalue weighted by Gasteiger charge is 2.30. The number of aromatic carboxylic acids is 1. The Bertz CT molecular complexity index is 1720. The van der Waals surface area contributed by atoms with Crippen molar-refractivity contribution in [2.45, 2.75) is 43.4 Å². The Kier molecular flexibility index (Phi) is 6.88. The summed E-state index contributed by atoms with van der Waals surface area (Å²) in [6, 6.07) is 11.4. The fraction of sp³-hybridized carbons (Fsp3) is 0.276. The number of halogens is 1. The maximum Gasteiger partial charge on any atom is 0.355 e. The van der Waals surface area contributed by atoms with Crippen LogP contribution in [0.1, 0.15) is 58.6 Å². The van der Waals surface area contributed by atoms with E-state index in [-0.39, 0.29) is 10.6 Å². The molecule has 0 radical (unpaired) electrons. The molecular weight excluding hydrogens is 551 g/mol. The molecule has 2 saturated carbocycles. The first-order valence-corrected chi connectivity index (χ1v) is 15.4. The van der Waals surface area contributed by atoms with E-state index in [0.29, 0.717) is 40.2 Å². The molecule has 4 N–H and O–H groups in total. The molecule has 0 saturated heterocycles. The smallest absolute Gasteiger partial charge is 0.355 e. The third kappa shape index (κ3) is 5.76. The zero-order valence-electron chi connectivity index (χ0n) is 21.3. The van der Waals surface area contributed by atoms with Crippen molar-refractivity contribution in [1.29, 1.82) is 0 Å². The van der Waals surface area contributed by atoms with Crippen LogP contribution in [0, 0.1) is 29.5 Å². The Hall–Kier alpha value is -3.69. The predicted octanol–water partition coefficient (Wildman–Crippen LogP) is 5.34. The largest absolute Gasteiger partial charge is 0.476 e. The molecule has 204 valence electrons. The van der Waals surface area contributed by atoms with Gasteiger partial charge in [0.2, 0.25) is 10.0 Å². The van der Waals surface area contributed by atoms with Gasteiger partial charge in [-0.25, -0.2) is 18.9 Å². The number of rotatable bonds is 8. The molecule has 2 aromatic heterocycles. The fourth-order valence-electron chi connectivity index (χ4n) is 4.51. The quantitative estimate of drug-likeness (QED) is 0.191. The molecular formula is C29H26FN4O4S2+. The average Bonchev–Trinajstić information content (AvgIpc) is 3.84. The summed E-state index contributed by atoms with van der Waals surface area (Å²) >= 11 is 1.20. The molecule has 2 aliphatic rings. The van der Waals surface area contributed by atoms with Crippen LogP contribution in [0.2, 0.25) is 0 Å². The molecule has 4 aromatic rings. The van der Waals surface area contributed by atoms with Crippen LogP contribution in [0.4, 0.5) is 4.39 Å². The summed E-state index contributed by atoms with van der Waals surface area (Å²) in [6.45, 7) is 0. The minimum Gasteiger partial charge on any atom is -0.476 e. The van der Waals surface area contributed by atoms with E-state index in [0.717, 1.165) is 48.9 Å². The molecule has 8 nitrogen and oxygen atoms in total. The van der Waals surface area contributed by atoms with Crippen molar-refractivity contribution in [2.24, 2.45) is 17.0 Å². The second kappa shape index (κ2) is 10.4. The third-order valence-corrected chi connectivity index (χ3v) is 8.80. The van der Waals surface area contributed by atoms with E-state index in [2.05, 4.69) is 16.8 Å². The maximum absolute atomic E-state index is 14.7. The lowest BCUT2D eigenvalue weighted by Gasteiger charge is -2.09. The lowest BCUT2D eigenvalue weighted by atomic mass is 9.96. The van der Waals surface area contributed by atoms with E-state index in [1.54, 1.807) is 28.9 Å². The van der Waals surface area contributed by atoms with Crippen molar-refractivity contribution in [3.63, 3.8) is 0 Å². The topological polar surface area (TPSA) is 131 Å². The van der Waals surface area contributed by atoms with Gasteiger partial charge in [0.15, 0.2) is 5.69 Å². The van der Waals surface area contributed by atoms with Crippen LogP contribution >= 0.6 is 11.3 Å². The molecule has 0 aliphatic heterocycles. The first-order chi connectivity index (χ1) is 19.2. The van der Waals surface area contributed by atoms with Gasteiger partial charge < -0.3 is 5.11 Å². The van der Waals surface area contributed by atoms with E-state index in [1.807, 2.05) is 0 Å². The Morgan fingerprint density at radius 1 is 1.18 bits per heavy atom. The molecule has 0 bridgehead atoms. The van der Waals surface area contributed by atoms with Crippen molar-refractivity contribution in [3.05, 3.63) is 81.7 Å². The van der Waals surface area contributed by atoms with E-state index in [9.17, 15) is 23.1 Å². The number of benzene rings is 2. The summed E-state index contributed by atoms with van der Waals surface area (Å²) in [6.07, 6.45) is 5.41. The van der Waals surface area contributed by atoms with Crippen LogP contribution in [0.3, 0.4) is 0 Å². The van der Waals surface area contributed by atoms with Crippen LogP contribution in [0.5, 0.6) is 0 Å². The molecule has 0 spiro atoms. The van der Waals surface area contributed by atoms with Crippen molar-refractivity contribution in [3.8, 4) is 28.2 Å². The molecule has 2 aliphatic carbocycles. The summed E-state index contributed by atoms with van der Waals surface area (Å²) < 4.78 is 38.0.